The van der Waals surface area contributed by atoms with Gasteiger partial charge in [0.05, 0.1) is 5.56 Å². The maximum atomic E-state index is 12.8. The van der Waals surface area contributed by atoms with E-state index < -0.39 is 5.91 Å². The number of primary amides is 1. The van der Waals surface area contributed by atoms with E-state index in [0.717, 1.165) is 11.1 Å². The predicted octanol–water partition coefficient (Wildman–Crippen LogP) is 4.73. The van der Waals surface area contributed by atoms with Crippen molar-refractivity contribution in [1.29, 1.82) is 0 Å². The van der Waals surface area contributed by atoms with Gasteiger partial charge in [-0.1, -0.05) is 41.1 Å². The number of rotatable bonds is 5. The van der Waals surface area contributed by atoms with Gasteiger partial charge in [0.25, 0.3) is 5.91 Å². The average molecular weight is 403 g/mol. The van der Waals surface area contributed by atoms with Crippen LogP contribution in [-0.2, 0) is 0 Å². The van der Waals surface area contributed by atoms with Gasteiger partial charge in [-0.05, 0) is 36.6 Å². The third kappa shape index (κ3) is 3.68. The molecule has 3 N–H and O–H groups in total. The highest BCUT2D eigenvalue weighted by Crippen LogP contribution is 2.40. The van der Waals surface area contributed by atoms with Gasteiger partial charge in [0.1, 0.15) is 5.69 Å². The zero-order valence-electron chi connectivity index (χ0n) is 15.5. The normalized spacial score (nSPS) is 10.7. The van der Waals surface area contributed by atoms with Gasteiger partial charge in [0, 0.05) is 27.6 Å². The van der Waals surface area contributed by atoms with Crippen LogP contribution in [0.5, 0.6) is 0 Å². The number of aryl methyl sites for hydroxylation is 1. The summed E-state index contributed by atoms with van der Waals surface area (Å²) in [6, 6.07) is 16.0. The minimum atomic E-state index is -0.575. The van der Waals surface area contributed by atoms with E-state index in [1.54, 1.807) is 36.4 Å². The van der Waals surface area contributed by atoms with E-state index in [2.05, 4.69) is 10.5 Å². The van der Waals surface area contributed by atoms with E-state index in [9.17, 15) is 9.59 Å². The van der Waals surface area contributed by atoms with Gasteiger partial charge in [-0.2, -0.15) is 11.3 Å². The fourth-order valence-corrected chi connectivity index (χ4v) is 3.74. The van der Waals surface area contributed by atoms with Crippen molar-refractivity contribution >= 4 is 29.0 Å². The Morgan fingerprint density at radius 2 is 1.93 bits per heavy atom. The van der Waals surface area contributed by atoms with Crippen LogP contribution in [0.15, 0.2) is 69.9 Å². The Balaban J connectivity index is 1.84. The summed E-state index contributed by atoms with van der Waals surface area (Å²) in [4.78, 5) is 24.8. The highest BCUT2D eigenvalue weighted by molar-refractivity contribution is 7.08. The molecule has 0 saturated carbocycles. The number of anilines is 1. The number of benzene rings is 2. The SMILES string of the molecule is Cc1cccc(C(=O)Nc2onc(-c3ccsc3)c2-c2ccccc2C(N)=O)c1. The first-order chi connectivity index (χ1) is 14.0. The first kappa shape index (κ1) is 18.6. The van der Waals surface area contributed by atoms with E-state index in [1.165, 1.54) is 11.3 Å². The lowest BCUT2D eigenvalue weighted by atomic mass is 9.97. The van der Waals surface area contributed by atoms with Gasteiger partial charge in [-0.15, -0.1) is 0 Å². The standard InChI is InChI=1S/C22H17N3O3S/c1-13-5-4-6-14(11-13)21(27)24-22-18(16-7-2-3-8-17(16)20(23)26)19(25-28-22)15-9-10-29-12-15/h2-12H,1H3,(H2,23,26)(H,24,27). The van der Waals surface area contributed by atoms with Crippen molar-refractivity contribution in [3.05, 3.63) is 82.0 Å². The van der Waals surface area contributed by atoms with E-state index in [-0.39, 0.29) is 11.8 Å². The molecule has 2 aromatic heterocycles. The van der Waals surface area contributed by atoms with E-state index in [4.69, 9.17) is 10.3 Å². The first-order valence-corrected chi connectivity index (χ1v) is 9.78. The van der Waals surface area contributed by atoms with Crippen LogP contribution in [0, 0.1) is 6.92 Å². The fraction of sp³-hybridized carbons (Fsp3) is 0.0455. The Kier molecular flexibility index (Phi) is 4.97. The molecule has 6 nitrogen and oxygen atoms in total. The number of nitrogens with two attached hydrogens (primary N) is 1. The summed E-state index contributed by atoms with van der Waals surface area (Å²) in [6.45, 7) is 1.91. The van der Waals surface area contributed by atoms with Crippen LogP contribution in [0.1, 0.15) is 26.3 Å². The molecule has 29 heavy (non-hydrogen) atoms. The average Bonchev–Trinajstić information content (AvgIpc) is 3.37. The smallest absolute Gasteiger partial charge is 0.258 e. The van der Waals surface area contributed by atoms with Crippen LogP contribution in [0.3, 0.4) is 0 Å². The van der Waals surface area contributed by atoms with E-state index >= 15 is 0 Å². The van der Waals surface area contributed by atoms with Crippen LogP contribution in [0.25, 0.3) is 22.4 Å². The van der Waals surface area contributed by atoms with Gasteiger partial charge in [0.15, 0.2) is 0 Å². The maximum absolute atomic E-state index is 12.8. The molecule has 0 fully saturated rings. The molecule has 2 amide bonds. The third-order valence-electron chi connectivity index (χ3n) is 4.46. The number of thiophene rings is 1. The Morgan fingerprint density at radius 3 is 2.66 bits per heavy atom. The summed E-state index contributed by atoms with van der Waals surface area (Å²) in [5.41, 5.74) is 9.76. The second-order valence-electron chi connectivity index (χ2n) is 6.48. The molecule has 144 valence electrons. The molecule has 0 radical (unpaired) electrons. The number of nitrogens with zero attached hydrogens (tertiary/aromatic N) is 1. The number of hydrogen-bond acceptors (Lipinski definition) is 5. The minimum absolute atomic E-state index is 0.159. The van der Waals surface area contributed by atoms with Crippen molar-refractivity contribution in [3.8, 4) is 22.4 Å². The summed E-state index contributed by atoms with van der Waals surface area (Å²) in [5, 5.41) is 10.8. The molecule has 0 bridgehead atoms. The van der Waals surface area contributed by atoms with Gasteiger partial charge < -0.3 is 10.3 Å². The second kappa shape index (κ2) is 7.73. The highest BCUT2D eigenvalue weighted by Gasteiger charge is 2.24. The predicted molar refractivity (Wildman–Crippen MR) is 113 cm³/mol. The number of amides is 2. The molecule has 7 heteroatoms. The van der Waals surface area contributed by atoms with E-state index in [1.807, 2.05) is 35.9 Å². The van der Waals surface area contributed by atoms with Crippen LogP contribution in [-0.4, -0.2) is 17.0 Å². The Hall–Kier alpha value is -3.71. The molecular weight excluding hydrogens is 386 g/mol. The zero-order valence-corrected chi connectivity index (χ0v) is 16.3. The molecule has 0 aliphatic rings. The lowest BCUT2D eigenvalue weighted by Gasteiger charge is -2.09. The summed E-state index contributed by atoms with van der Waals surface area (Å²) in [6.07, 6.45) is 0. The van der Waals surface area contributed by atoms with Crippen molar-refractivity contribution in [2.75, 3.05) is 5.32 Å². The summed E-state index contributed by atoms with van der Waals surface area (Å²) in [5.74, 6) is -0.750. The van der Waals surface area contributed by atoms with Crippen LogP contribution < -0.4 is 11.1 Å². The molecule has 4 aromatic rings. The topological polar surface area (TPSA) is 98.2 Å². The summed E-state index contributed by atoms with van der Waals surface area (Å²) < 4.78 is 5.50. The molecule has 0 atom stereocenters. The van der Waals surface area contributed by atoms with Crippen LogP contribution in [0.4, 0.5) is 5.88 Å². The monoisotopic (exact) mass is 403 g/mol. The number of aromatic nitrogens is 1. The molecule has 0 spiro atoms. The summed E-state index contributed by atoms with van der Waals surface area (Å²) >= 11 is 1.51. The fourth-order valence-electron chi connectivity index (χ4n) is 3.10. The number of carbonyl (C=O) groups excluding carboxylic acids is 2. The second-order valence-corrected chi connectivity index (χ2v) is 7.26. The lowest BCUT2D eigenvalue weighted by molar-refractivity contribution is 0.0998. The Bertz CT molecular complexity index is 1200. The minimum Gasteiger partial charge on any atom is -0.366 e. The first-order valence-electron chi connectivity index (χ1n) is 8.84. The largest absolute Gasteiger partial charge is 0.366 e. The molecule has 4 rings (SSSR count). The number of carbonyl (C=O) groups is 2. The van der Waals surface area contributed by atoms with Gasteiger partial charge >= 0.3 is 0 Å². The Morgan fingerprint density at radius 1 is 1.10 bits per heavy atom. The third-order valence-corrected chi connectivity index (χ3v) is 5.14. The zero-order chi connectivity index (χ0) is 20.4. The van der Waals surface area contributed by atoms with Gasteiger partial charge in [-0.3, -0.25) is 14.9 Å². The summed E-state index contributed by atoms with van der Waals surface area (Å²) in [7, 11) is 0. The molecule has 0 aliphatic heterocycles. The number of nitrogens with one attached hydrogen (secondary N) is 1. The van der Waals surface area contributed by atoms with Crippen molar-refractivity contribution in [2.45, 2.75) is 6.92 Å². The maximum Gasteiger partial charge on any atom is 0.258 e. The number of hydrogen-bond donors (Lipinski definition) is 2. The van der Waals surface area contributed by atoms with Crippen molar-refractivity contribution in [2.24, 2.45) is 5.73 Å². The molecule has 0 aliphatic carbocycles. The molecule has 2 aromatic carbocycles. The van der Waals surface area contributed by atoms with Crippen LogP contribution >= 0.6 is 11.3 Å². The molecule has 0 saturated heterocycles. The van der Waals surface area contributed by atoms with Crippen LogP contribution in [0.2, 0.25) is 0 Å². The van der Waals surface area contributed by atoms with Crippen molar-refractivity contribution < 1.29 is 14.1 Å². The quantitative estimate of drug-likeness (QED) is 0.503. The highest BCUT2D eigenvalue weighted by atomic mass is 32.1. The molecule has 2 heterocycles. The van der Waals surface area contributed by atoms with E-state index in [0.29, 0.717) is 27.9 Å². The lowest BCUT2D eigenvalue weighted by Crippen LogP contribution is -2.14. The van der Waals surface area contributed by atoms with Gasteiger partial charge in [-0.25, -0.2) is 0 Å². The van der Waals surface area contributed by atoms with Crippen molar-refractivity contribution in [3.63, 3.8) is 0 Å². The Labute approximate surface area is 171 Å². The van der Waals surface area contributed by atoms with Crippen molar-refractivity contribution in [1.82, 2.24) is 5.16 Å². The van der Waals surface area contributed by atoms with Gasteiger partial charge in [0.2, 0.25) is 11.8 Å². The molecular formula is C22H17N3O3S. The molecule has 0 unspecified atom stereocenters.